The third kappa shape index (κ3) is 6.42. The van der Waals surface area contributed by atoms with E-state index in [-0.39, 0.29) is 18.2 Å². The molecule has 0 aliphatic rings. The normalized spacial score (nSPS) is 10.5. The van der Waals surface area contributed by atoms with Crippen LogP contribution in [0.3, 0.4) is 0 Å². The fourth-order valence-electron chi connectivity index (χ4n) is 2.99. The number of anilines is 1. The van der Waals surface area contributed by atoms with Gasteiger partial charge in [0.1, 0.15) is 5.75 Å². The smallest absolute Gasteiger partial charge is 0.230 e. The quantitative estimate of drug-likeness (QED) is 0.509. The molecule has 1 aromatic heterocycles. The Labute approximate surface area is 180 Å². The molecule has 156 valence electrons. The van der Waals surface area contributed by atoms with E-state index in [1.54, 1.807) is 7.11 Å². The number of hydrogen-bond donors (Lipinski definition) is 2. The maximum Gasteiger partial charge on any atom is 0.230 e. The summed E-state index contributed by atoms with van der Waals surface area (Å²) in [5.74, 6) is 0.620. The average molecular weight is 424 g/mol. The number of amides is 2. The van der Waals surface area contributed by atoms with Crippen molar-refractivity contribution in [1.82, 2.24) is 10.3 Å². The maximum atomic E-state index is 12.3. The summed E-state index contributed by atoms with van der Waals surface area (Å²) in [6.45, 7) is 2.21. The van der Waals surface area contributed by atoms with Crippen molar-refractivity contribution in [3.05, 3.63) is 65.0 Å². The lowest BCUT2D eigenvalue weighted by Crippen LogP contribution is -2.21. The predicted molar refractivity (Wildman–Crippen MR) is 120 cm³/mol. The van der Waals surface area contributed by atoms with Gasteiger partial charge in [-0.25, -0.2) is 4.98 Å². The fraction of sp³-hybridized carbons (Fsp3) is 0.261. The lowest BCUT2D eigenvalue weighted by atomic mass is 10.1. The van der Waals surface area contributed by atoms with Crippen molar-refractivity contribution < 1.29 is 14.3 Å². The highest BCUT2D eigenvalue weighted by molar-refractivity contribution is 7.14. The number of rotatable bonds is 9. The molecule has 2 aromatic carbocycles. The van der Waals surface area contributed by atoms with E-state index in [9.17, 15) is 9.59 Å². The van der Waals surface area contributed by atoms with Gasteiger partial charge in [-0.05, 0) is 36.1 Å². The van der Waals surface area contributed by atoms with Crippen LogP contribution in [0.2, 0.25) is 0 Å². The molecular formula is C23H25N3O3S. The zero-order chi connectivity index (χ0) is 21.3. The van der Waals surface area contributed by atoms with E-state index in [0.717, 1.165) is 35.4 Å². The van der Waals surface area contributed by atoms with Crippen molar-refractivity contribution in [2.45, 2.75) is 26.2 Å². The monoisotopic (exact) mass is 423 g/mol. The predicted octanol–water partition coefficient (Wildman–Crippen LogP) is 4.07. The summed E-state index contributed by atoms with van der Waals surface area (Å²) in [5.41, 5.74) is 3.94. The first-order valence-electron chi connectivity index (χ1n) is 9.75. The Bertz CT molecular complexity index is 999. The molecule has 3 rings (SSSR count). The van der Waals surface area contributed by atoms with Gasteiger partial charge in [0, 0.05) is 24.4 Å². The maximum absolute atomic E-state index is 12.3. The van der Waals surface area contributed by atoms with E-state index < -0.39 is 0 Å². The molecule has 6 nitrogen and oxygen atoms in total. The average Bonchev–Trinajstić information content (AvgIpc) is 3.20. The van der Waals surface area contributed by atoms with E-state index in [0.29, 0.717) is 11.7 Å². The molecule has 0 aliphatic carbocycles. The third-order valence-electron chi connectivity index (χ3n) is 4.52. The minimum atomic E-state index is -0.112. The number of nitrogens with one attached hydrogen (secondary N) is 2. The minimum Gasteiger partial charge on any atom is -0.497 e. The van der Waals surface area contributed by atoms with Crippen LogP contribution in [0.4, 0.5) is 5.13 Å². The molecular weight excluding hydrogens is 398 g/mol. The van der Waals surface area contributed by atoms with Crippen molar-refractivity contribution in [2.75, 3.05) is 19.0 Å². The number of benzene rings is 2. The highest BCUT2D eigenvalue weighted by Gasteiger charge is 2.09. The summed E-state index contributed by atoms with van der Waals surface area (Å²) < 4.78 is 5.19. The number of hydrogen-bond acceptors (Lipinski definition) is 5. The first-order chi connectivity index (χ1) is 14.5. The first-order valence-corrected chi connectivity index (χ1v) is 10.6. The molecule has 0 atom stereocenters. The molecule has 1 heterocycles. The molecule has 0 fully saturated rings. The second-order valence-corrected chi connectivity index (χ2v) is 7.76. The molecule has 7 heteroatoms. The van der Waals surface area contributed by atoms with E-state index in [1.807, 2.05) is 41.8 Å². The Morgan fingerprint density at radius 2 is 1.90 bits per heavy atom. The molecule has 2 N–H and O–H groups in total. The highest BCUT2D eigenvalue weighted by atomic mass is 32.1. The largest absolute Gasteiger partial charge is 0.497 e. The highest BCUT2D eigenvalue weighted by Crippen LogP contribution is 2.25. The molecule has 0 saturated carbocycles. The van der Waals surface area contributed by atoms with E-state index in [4.69, 9.17) is 4.74 Å². The van der Waals surface area contributed by atoms with Crippen molar-refractivity contribution in [2.24, 2.45) is 0 Å². The van der Waals surface area contributed by atoms with Crippen LogP contribution < -0.4 is 15.4 Å². The van der Waals surface area contributed by atoms with Crippen LogP contribution >= 0.6 is 11.3 Å². The number of nitrogens with zero attached hydrogens (tertiary/aromatic N) is 1. The van der Waals surface area contributed by atoms with Gasteiger partial charge in [-0.3, -0.25) is 9.59 Å². The van der Waals surface area contributed by atoms with Crippen LogP contribution in [0.25, 0.3) is 11.3 Å². The number of carbonyl (C=O) groups excluding carboxylic acids is 2. The van der Waals surface area contributed by atoms with Crippen molar-refractivity contribution in [3.63, 3.8) is 0 Å². The number of ether oxygens (including phenoxy) is 1. The van der Waals surface area contributed by atoms with Crippen LogP contribution in [0.1, 0.15) is 24.5 Å². The summed E-state index contributed by atoms with van der Waals surface area (Å²) in [7, 11) is 1.61. The summed E-state index contributed by atoms with van der Waals surface area (Å²) in [6.07, 6.45) is 2.07. The summed E-state index contributed by atoms with van der Waals surface area (Å²) in [4.78, 5) is 27.8. The molecule has 0 saturated heterocycles. The lowest BCUT2D eigenvalue weighted by Gasteiger charge is -2.05. The Hall–Kier alpha value is -3.19. The molecule has 0 spiro atoms. The summed E-state index contributed by atoms with van der Waals surface area (Å²) in [5, 5.41) is 8.19. The zero-order valence-electron chi connectivity index (χ0n) is 17.1. The zero-order valence-corrected chi connectivity index (χ0v) is 17.9. The molecule has 0 unspecified atom stereocenters. The van der Waals surface area contributed by atoms with E-state index >= 15 is 0 Å². The van der Waals surface area contributed by atoms with Crippen LogP contribution in [-0.2, 0) is 22.4 Å². The number of aromatic nitrogens is 1. The molecule has 0 bridgehead atoms. The number of aryl methyl sites for hydroxylation is 1. The van der Waals surface area contributed by atoms with Gasteiger partial charge in [0.2, 0.25) is 11.8 Å². The summed E-state index contributed by atoms with van der Waals surface area (Å²) >= 11 is 1.41. The molecule has 3 aromatic rings. The molecule has 0 radical (unpaired) electrons. The van der Waals surface area contributed by atoms with Gasteiger partial charge >= 0.3 is 0 Å². The van der Waals surface area contributed by atoms with Crippen molar-refractivity contribution >= 4 is 28.3 Å². The number of carbonyl (C=O) groups is 2. The van der Waals surface area contributed by atoms with Crippen LogP contribution in [0.15, 0.2) is 53.9 Å². The van der Waals surface area contributed by atoms with E-state index in [1.165, 1.54) is 23.8 Å². The second-order valence-electron chi connectivity index (χ2n) is 6.90. The molecule has 2 amide bonds. The van der Waals surface area contributed by atoms with Crippen LogP contribution in [0, 0.1) is 0 Å². The second kappa shape index (κ2) is 10.5. The van der Waals surface area contributed by atoms with Crippen LogP contribution in [0.5, 0.6) is 5.75 Å². The summed E-state index contributed by atoms with van der Waals surface area (Å²) in [6, 6.07) is 15.7. The van der Waals surface area contributed by atoms with Gasteiger partial charge < -0.3 is 15.4 Å². The Balaban J connectivity index is 1.53. The third-order valence-corrected chi connectivity index (χ3v) is 5.27. The molecule has 0 aliphatic heterocycles. The van der Waals surface area contributed by atoms with Crippen molar-refractivity contribution in [1.29, 1.82) is 0 Å². The van der Waals surface area contributed by atoms with Gasteiger partial charge in [0.25, 0.3) is 0 Å². The lowest BCUT2D eigenvalue weighted by molar-refractivity contribution is -0.119. The number of methoxy groups -OCH3 is 1. The van der Waals surface area contributed by atoms with Gasteiger partial charge in [0.15, 0.2) is 5.13 Å². The minimum absolute atomic E-state index is 0.000250. The van der Waals surface area contributed by atoms with Crippen LogP contribution in [-0.4, -0.2) is 30.5 Å². The Morgan fingerprint density at radius 3 is 2.63 bits per heavy atom. The Kier molecular flexibility index (Phi) is 7.57. The van der Waals surface area contributed by atoms with Crippen molar-refractivity contribution in [3.8, 4) is 17.0 Å². The van der Waals surface area contributed by atoms with Gasteiger partial charge in [-0.1, -0.05) is 36.4 Å². The SMILES string of the molecule is COc1cccc(CC(=O)Nc2nc(-c3ccc(CCCNC(C)=O)cc3)cs2)c1. The number of thiazole rings is 1. The standard InChI is InChI=1S/C23H25N3O3S/c1-16(27)24-12-4-6-17-8-10-19(11-9-17)21-15-30-23(25-21)26-22(28)14-18-5-3-7-20(13-18)29-2/h3,5,7-11,13,15H,4,6,12,14H2,1-2H3,(H,24,27)(H,25,26,28). The first kappa shape index (κ1) is 21.5. The van der Waals surface area contributed by atoms with Gasteiger partial charge in [-0.15, -0.1) is 11.3 Å². The van der Waals surface area contributed by atoms with Gasteiger partial charge in [-0.2, -0.15) is 0 Å². The van der Waals surface area contributed by atoms with E-state index in [2.05, 4.69) is 27.8 Å². The topological polar surface area (TPSA) is 80.3 Å². The van der Waals surface area contributed by atoms with Gasteiger partial charge in [0.05, 0.1) is 19.2 Å². The molecule has 30 heavy (non-hydrogen) atoms. The Morgan fingerprint density at radius 1 is 1.10 bits per heavy atom. The fourth-order valence-corrected chi connectivity index (χ4v) is 3.73.